The molecule has 0 unspecified atom stereocenters. The molecule has 0 aromatic heterocycles. The standard InChI is InChI=1S/C11H18N2O2S/c1-4-13(5-2)11-7-6-9(8-10(11)12)16(3,14)15/h6-8H,4-5,12H2,1-3H3. The molecule has 4 nitrogen and oxygen atoms in total. The van der Waals surface area contributed by atoms with E-state index in [2.05, 4.69) is 4.90 Å². The Morgan fingerprint density at radius 1 is 1.25 bits per heavy atom. The van der Waals surface area contributed by atoms with Crippen LogP contribution in [0.15, 0.2) is 23.1 Å². The van der Waals surface area contributed by atoms with Gasteiger partial charge in [-0.3, -0.25) is 0 Å². The van der Waals surface area contributed by atoms with Gasteiger partial charge in [-0.25, -0.2) is 8.42 Å². The van der Waals surface area contributed by atoms with Crippen LogP contribution in [0.25, 0.3) is 0 Å². The first-order valence-corrected chi connectivity index (χ1v) is 7.13. The van der Waals surface area contributed by atoms with Gasteiger partial charge in [-0.1, -0.05) is 0 Å². The summed E-state index contributed by atoms with van der Waals surface area (Å²) in [5, 5.41) is 0. The minimum Gasteiger partial charge on any atom is -0.397 e. The summed E-state index contributed by atoms with van der Waals surface area (Å²) in [7, 11) is -3.18. The maximum atomic E-state index is 11.3. The minimum absolute atomic E-state index is 0.265. The van der Waals surface area contributed by atoms with Gasteiger partial charge in [0.1, 0.15) is 0 Å². The molecule has 0 aliphatic carbocycles. The quantitative estimate of drug-likeness (QED) is 0.813. The summed E-state index contributed by atoms with van der Waals surface area (Å²) in [6, 6.07) is 4.88. The Labute approximate surface area is 97.0 Å². The summed E-state index contributed by atoms with van der Waals surface area (Å²) in [6.07, 6.45) is 1.18. The molecule has 0 radical (unpaired) electrons. The number of benzene rings is 1. The van der Waals surface area contributed by atoms with Crippen LogP contribution in [0, 0.1) is 0 Å². The molecule has 0 saturated carbocycles. The number of nitrogens with zero attached hydrogens (tertiary/aromatic N) is 1. The zero-order valence-corrected chi connectivity index (χ0v) is 10.7. The smallest absolute Gasteiger partial charge is 0.175 e. The van der Waals surface area contributed by atoms with Gasteiger partial charge in [-0.15, -0.1) is 0 Å². The largest absolute Gasteiger partial charge is 0.397 e. The van der Waals surface area contributed by atoms with E-state index in [1.807, 2.05) is 13.8 Å². The summed E-state index contributed by atoms with van der Waals surface area (Å²) in [4.78, 5) is 2.35. The summed E-state index contributed by atoms with van der Waals surface area (Å²) >= 11 is 0. The maximum Gasteiger partial charge on any atom is 0.175 e. The van der Waals surface area contributed by atoms with Crippen molar-refractivity contribution < 1.29 is 8.42 Å². The lowest BCUT2D eigenvalue weighted by atomic mass is 10.2. The van der Waals surface area contributed by atoms with Gasteiger partial charge >= 0.3 is 0 Å². The molecule has 0 aliphatic heterocycles. The zero-order valence-electron chi connectivity index (χ0n) is 9.90. The second-order valence-electron chi connectivity index (χ2n) is 3.67. The molecule has 16 heavy (non-hydrogen) atoms. The molecular weight excluding hydrogens is 224 g/mol. The average Bonchev–Trinajstić information content (AvgIpc) is 2.20. The van der Waals surface area contributed by atoms with Crippen molar-refractivity contribution >= 4 is 21.2 Å². The summed E-state index contributed by atoms with van der Waals surface area (Å²) in [5.41, 5.74) is 7.26. The average molecular weight is 242 g/mol. The highest BCUT2D eigenvalue weighted by Crippen LogP contribution is 2.25. The predicted octanol–water partition coefficient (Wildman–Crippen LogP) is 1.52. The zero-order chi connectivity index (χ0) is 12.3. The topological polar surface area (TPSA) is 63.4 Å². The van der Waals surface area contributed by atoms with Crippen LogP contribution >= 0.6 is 0 Å². The lowest BCUT2D eigenvalue weighted by molar-refractivity contribution is 0.602. The van der Waals surface area contributed by atoms with Crippen molar-refractivity contribution in [2.45, 2.75) is 18.7 Å². The van der Waals surface area contributed by atoms with E-state index in [4.69, 9.17) is 5.73 Å². The fourth-order valence-electron chi connectivity index (χ4n) is 1.62. The van der Waals surface area contributed by atoms with Crippen molar-refractivity contribution in [1.29, 1.82) is 0 Å². The first kappa shape index (κ1) is 12.8. The van der Waals surface area contributed by atoms with Crippen molar-refractivity contribution in [3.05, 3.63) is 18.2 Å². The number of rotatable bonds is 4. The van der Waals surface area contributed by atoms with E-state index in [-0.39, 0.29) is 4.90 Å². The normalized spacial score (nSPS) is 11.4. The third-order valence-corrected chi connectivity index (χ3v) is 3.64. The molecule has 0 heterocycles. The van der Waals surface area contributed by atoms with Crippen molar-refractivity contribution in [3.8, 4) is 0 Å². The summed E-state index contributed by atoms with van der Waals surface area (Å²) in [5.74, 6) is 0. The van der Waals surface area contributed by atoms with Crippen molar-refractivity contribution in [2.24, 2.45) is 0 Å². The number of sulfone groups is 1. The van der Waals surface area contributed by atoms with E-state index < -0.39 is 9.84 Å². The Bertz CT molecular complexity index is 465. The lowest BCUT2D eigenvalue weighted by Gasteiger charge is -2.22. The molecule has 0 saturated heterocycles. The van der Waals surface area contributed by atoms with Crippen LogP contribution in [0.3, 0.4) is 0 Å². The van der Waals surface area contributed by atoms with Gasteiger partial charge in [0.25, 0.3) is 0 Å². The number of nitrogens with two attached hydrogens (primary N) is 1. The Morgan fingerprint density at radius 2 is 1.81 bits per heavy atom. The Morgan fingerprint density at radius 3 is 2.19 bits per heavy atom. The molecule has 0 bridgehead atoms. The van der Waals surface area contributed by atoms with Crippen LogP contribution in [0.5, 0.6) is 0 Å². The highest BCUT2D eigenvalue weighted by Gasteiger charge is 2.11. The third kappa shape index (κ3) is 2.66. The second kappa shape index (κ2) is 4.74. The SMILES string of the molecule is CCN(CC)c1ccc(S(C)(=O)=O)cc1N. The number of hydrogen-bond donors (Lipinski definition) is 1. The maximum absolute atomic E-state index is 11.3. The van der Waals surface area contributed by atoms with Gasteiger partial charge < -0.3 is 10.6 Å². The summed E-state index contributed by atoms with van der Waals surface area (Å²) < 4.78 is 22.7. The first-order valence-electron chi connectivity index (χ1n) is 5.24. The van der Waals surface area contributed by atoms with Crippen LogP contribution in [0.1, 0.15) is 13.8 Å². The molecule has 90 valence electrons. The van der Waals surface area contributed by atoms with Gasteiger partial charge in [0.2, 0.25) is 0 Å². The van der Waals surface area contributed by atoms with Crippen molar-refractivity contribution in [3.63, 3.8) is 0 Å². The number of anilines is 2. The van der Waals surface area contributed by atoms with Crippen LogP contribution in [0.2, 0.25) is 0 Å². The molecule has 1 aromatic carbocycles. The van der Waals surface area contributed by atoms with Gasteiger partial charge in [-0.05, 0) is 32.0 Å². The second-order valence-corrected chi connectivity index (χ2v) is 5.68. The molecule has 1 rings (SSSR count). The van der Waals surface area contributed by atoms with Crippen molar-refractivity contribution in [1.82, 2.24) is 0 Å². The van der Waals surface area contributed by atoms with E-state index in [9.17, 15) is 8.42 Å². The van der Waals surface area contributed by atoms with E-state index in [0.29, 0.717) is 5.69 Å². The van der Waals surface area contributed by atoms with E-state index >= 15 is 0 Å². The predicted molar refractivity (Wildman–Crippen MR) is 67.5 cm³/mol. The van der Waals surface area contributed by atoms with Gasteiger partial charge in [0.15, 0.2) is 9.84 Å². The molecule has 0 spiro atoms. The molecule has 5 heteroatoms. The fraction of sp³-hybridized carbons (Fsp3) is 0.455. The third-order valence-electron chi connectivity index (χ3n) is 2.53. The van der Waals surface area contributed by atoms with Crippen LogP contribution < -0.4 is 10.6 Å². The summed E-state index contributed by atoms with van der Waals surface area (Å²) in [6.45, 7) is 5.76. The molecule has 0 atom stereocenters. The number of nitrogen functional groups attached to an aromatic ring is 1. The Balaban J connectivity index is 3.19. The highest BCUT2D eigenvalue weighted by molar-refractivity contribution is 7.90. The van der Waals surface area contributed by atoms with Crippen LogP contribution in [-0.2, 0) is 9.84 Å². The molecule has 1 aromatic rings. The van der Waals surface area contributed by atoms with Crippen molar-refractivity contribution in [2.75, 3.05) is 30.0 Å². The van der Waals surface area contributed by atoms with Gasteiger partial charge in [0, 0.05) is 19.3 Å². The van der Waals surface area contributed by atoms with E-state index in [0.717, 1.165) is 18.8 Å². The van der Waals surface area contributed by atoms with E-state index in [1.54, 1.807) is 12.1 Å². The van der Waals surface area contributed by atoms with Gasteiger partial charge in [-0.2, -0.15) is 0 Å². The molecule has 0 amide bonds. The fourth-order valence-corrected chi connectivity index (χ4v) is 2.27. The Kier molecular flexibility index (Phi) is 3.80. The molecular formula is C11H18N2O2S. The molecule has 2 N–H and O–H groups in total. The molecule has 0 fully saturated rings. The van der Waals surface area contributed by atoms with Crippen LogP contribution in [-0.4, -0.2) is 27.8 Å². The first-order chi connectivity index (χ1) is 7.40. The monoisotopic (exact) mass is 242 g/mol. The van der Waals surface area contributed by atoms with Crippen LogP contribution in [0.4, 0.5) is 11.4 Å². The number of hydrogen-bond acceptors (Lipinski definition) is 4. The lowest BCUT2D eigenvalue weighted by Crippen LogP contribution is -2.23. The molecule has 0 aliphatic rings. The Hall–Kier alpha value is -1.23. The minimum atomic E-state index is -3.18. The highest BCUT2D eigenvalue weighted by atomic mass is 32.2. The van der Waals surface area contributed by atoms with E-state index in [1.165, 1.54) is 12.3 Å². The van der Waals surface area contributed by atoms with Gasteiger partial charge in [0.05, 0.1) is 16.3 Å².